The van der Waals surface area contributed by atoms with Gasteiger partial charge in [-0.1, -0.05) is 23.2 Å². The van der Waals surface area contributed by atoms with E-state index >= 15 is 0 Å². The third-order valence-electron chi connectivity index (χ3n) is 4.48. The summed E-state index contributed by atoms with van der Waals surface area (Å²) in [5, 5.41) is 4.92. The molecule has 0 saturated carbocycles. The third kappa shape index (κ3) is 2.83. The number of carbonyl (C=O) groups excluding carboxylic acids is 1. The van der Waals surface area contributed by atoms with E-state index in [2.05, 4.69) is 10.3 Å². The minimum atomic E-state index is -0.0220. The Bertz CT molecular complexity index is 757. The molecule has 2 aromatic rings. The van der Waals surface area contributed by atoms with E-state index < -0.39 is 0 Å². The standard InChI is InChI=1S/C16H17Cl2N3O2/c17-12-1-2-13-11(15(12)18)5-14(20-13)16(22)21-4-3-9(8-21)23-10-6-19-7-10/h1-2,5,9-10,19-20H,3-4,6-8H2/t9-/m1/s1. The molecule has 2 aliphatic heterocycles. The number of H-pyrrole nitrogens is 1. The van der Waals surface area contributed by atoms with E-state index in [0.717, 1.165) is 30.4 Å². The molecule has 2 N–H and O–H groups in total. The van der Waals surface area contributed by atoms with Crippen LogP contribution in [-0.2, 0) is 4.74 Å². The molecule has 122 valence electrons. The van der Waals surface area contributed by atoms with E-state index in [1.165, 1.54) is 0 Å². The number of hydrogen-bond acceptors (Lipinski definition) is 3. The fourth-order valence-electron chi connectivity index (χ4n) is 3.08. The number of likely N-dealkylation sites (tertiary alicyclic amines) is 1. The highest BCUT2D eigenvalue weighted by atomic mass is 35.5. The van der Waals surface area contributed by atoms with Crippen LogP contribution >= 0.6 is 23.2 Å². The lowest BCUT2D eigenvalue weighted by atomic mass is 10.2. The molecule has 0 spiro atoms. The lowest BCUT2D eigenvalue weighted by molar-refractivity contribution is -0.0311. The summed E-state index contributed by atoms with van der Waals surface area (Å²) in [5.41, 5.74) is 1.35. The molecule has 5 nitrogen and oxygen atoms in total. The Kier molecular flexibility index (Phi) is 3.97. The van der Waals surface area contributed by atoms with Gasteiger partial charge in [0, 0.05) is 37.1 Å². The van der Waals surface area contributed by atoms with E-state index in [-0.39, 0.29) is 12.0 Å². The summed E-state index contributed by atoms with van der Waals surface area (Å²) in [5.74, 6) is -0.0220. The van der Waals surface area contributed by atoms with Crippen molar-refractivity contribution in [1.29, 1.82) is 0 Å². The zero-order valence-corrected chi connectivity index (χ0v) is 14.0. The van der Waals surface area contributed by atoms with E-state index in [0.29, 0.717) is 34.9 Å². The van der Waals surface area contributed by atoms with Crippen molar-refractivity contribution in [2.24, 2.45) is 0 Å². The number of hydrogen-bond donors (Lipinski definition) is 2. The van der Waals surface area contributed by atoms with Gasteiger partial charge in [0.25, 0.3) is 5.91 Å². The van der Waals surface area contributed by atoms with Crippen LogP contribution < -0.4 is 5.32 Å². The molecule has 0 aliphatic carbocycles. The van der Waals surface area contributed by atoms with Crippen LogP contribution in [-0.4, -0.2) is 54.2 Å². The highest BCUT2D eigenvalue weighted by molar-refractivity contribution is 6.45. The van der Waals surface area contributed by atoms with Crippen molar-refractivity contribution in [3.05, 3.63) is 33.9 Å². The fraction of sp³-hybridized carbons (Fsp3) is 0.438. The third-order valence-corrected chi connectivity index (χ3v) is 5.30. The minimum Gasteiger partial charge on any atom is -0.370 e. The van der Waals surface area contributed by atoms with Crippen LogP contribution in [0, 0.1) is 0 Å². The number of nitrogens with zero attached hydrogens (tertiary/aromatic N) is 1. The molecule has 2 aliphatic rings. The second-order valence-electron chi connectivity index (χ2n) is 6.08. The lowest BCUT2D eigenvalue weighted by Gasteiger charge is -2.30. The second kappa shape index (κ2) is 5.98. The predicted octanol–water partition coefficient (Wildman–Crippen LogP) is 2.68. The Balaban J connectivity index is 1.49. The normalized spacial score (nSPS) is 21.8. The van der Waals surface area contributed by atoms with Crippen LogP contribution in [0.5, 0.6) is 0 Å². The average molecular weight is 354 g/mol. The zero-order chi connectivity index (χ0) is 16.0. The number of nitrogens with one attached hydrogen (secondary N) is 2. The monoisotopic (exact) mass is 353 g/mol. The van der Waals surface area contributed by atoms with Crippen LogP contribution in [0.3, 0.4) is 0 Å². The minimum absolute atomic E-state index is 0.0220. The zero-order valence-electron chi connectivity index (χ0n) is 12.4. The Morgan fingerprint density at radius 3 is 2.83 bits per heavy atom. The number of amides is 1. The van der Waals surface area contributed by atoms with Gasteiger partial charge in [-0.05, 0) is 24.6 Å². The Hall–Kier alpha value is -1.27. The number of benzene rings is 1. The molecule has 1 atom stereocenters. The van der Waals surface area contributed by atoms with Gasteiger partial charge in [0.05, 0.1) is 22.3 Å². The number of carbonyl (C=O) groups is 1. The van der Waals surface area contributed by atoms with Gasteiger partial charge in [-0.3, -0.25) is 4.79 Å². The first-order valence-corrected chi connectivity index (χ1v) is 8.49. The summed E-state index contributed by atoms with van der Waals surface area (Å²) in [6, 6.07) is 5.33. The molecule has 3 heterocycles. The summed E-state index contributed by atoms with van der Waals surface area (Å²) in [6.45, 7) is 3.17. The number of fused-ring (bicyclic) bond motifs is 1. The molecule has 2 saturated heterocycles. The topological polar surface area (TPSA) is 57.4 Å². The quantitative estimate of drug-likeness (QED) is 0.891. The van der Waals surface area contributed by atoms with Crippen molar-refractivity contribution in [2.75, 3.05) is 26.2 Å². The molecular formula is C16H17Cl2N3O2. The first-order valence-electron chi connectivity index (χ1n) is 7.74. The summed E-state index contributed by atoms with van der Waals surface area (Å²) in [6.07, 6.45) is 1.31. The molecule has 0 bridgehead atoms. The van der Waals surface area contributed by atoms with Gasteiger partial charge >= 0.3 is 0 Å². The molecule has 1 aromatic carbocycles. The van der Waals surface area contributed by atoms with Crippen molar-refractivity contribution >= 4 is 40.0 Å². The van der Waals surface area contributed by atoms with Gasteiger partial charge in [0.15, 0.2) is 0 Å². The van der Waals surface area contributed by atoms with Crippen molar-refractivity contribution < 1.29 is 9.53 Å². The van der Waals surface area contributed by atoms with Gasteiger partial charge in [-0.15, -0.1) is 0 Å². The van der Waals surface area contributed by atoms with Crippen LogP contribution in [0.25, 0.3) is 10.9 Å². The van der Waals surface area contributed by atoms with E-state index in [1.807, 2.05) is 11.0 Å². The molecule has 2 fully saturated rings. The number of halogens is 2. The molecule has 23 heavy (non-hydrogen) atoms. The summed E-state index contributed by atoms with van der Waals surface area (Å²) < 4.78 is 5.95. The number of rotatable bonds is 3. The van der Waals surface area contributed by atoms with Crippen molar-refractivity contribution in [3.63, 3.8) is 0 Å². The summed E-state index contributed by atoms with van der Waals surface area (Å²) in [7, 11) is 0. The number of aromatic amines is 1. The van der Waals surface area contributed by atoms with Crippen LogP contribution in [0.15, 0.2) is 18.2 Å². The molecule has 1 amide bonds. The van der Waals surface area contributed by atoms with Crippen molar-refractivity contribution in [1.82, 2.24) is 15.2 Å². The predicted molar refractivity (Wildman–Crippen MR) is 90.4 cm³/mol. The smallest absolute Gasteiger partial charge is 0.270 e. The van der Waals surface area contributed by atoms with Gasteiger partial charge in [0.1, 0.15) is 5.69 Å². The van der Waals surface area contributed by atoms with E-state index in [4.69, 9.17) is 27.9 Å². The Morgan fingerprint density at radius 1 is 1.26 bits per heavy atom. The summed E-state index contributed by atoms with van der Waals surface area (Å²) >= 11 is 12.2. The first kappa shape index (κ1) is 15.3. The van der Waals surface area contributed by atoms with E-state index in [9.17, 15) is 4.79 Å². The van der Waals surface area contributed by atoms with Crippen LogP contribution in [0.1, 0.15) is 16.9 Å². The molecule has 1 aromatic heterocycles. The number of aromatic nitrogens is 1. The van der Waals surface area contributed by atoms with Gasteiger partial charge in [-0.25, -0.2) is 0 Å². The SMILES string of the molecule is O=C(c1cc2c(Cl)c(Cl)ccc2[nH]1)N1CC[C@@H](OC2CNC2)C1. The first-order chi connectivity index (χ1) is 11.1. The maximum absolute atomic E-state index is 12.7. The van der Waals surface area contributed by atoms with E-state index in [1.54, 1.807) is 12.1 Å². The maximum Gasteiger partial charge on any atom is 0.270 e. The fourth-order valence-corrected chi connectivity index (χ4v) is 3.47. The summed E-state index contributed by atoms with van der Waals surface area (Å²) in [4.78, 5) is 17.6. The molecule has 4 rings (SSSR count). The molecule has 7 heteroatoms. The Morgan fingerprint density at radius 2 is 2.09 bits per heavy atom. The van der Waals surface area contributed by atoms with Crippen LogP contribution in [0.2, 0.25) is 10.0 Å². The van der Waals surface area contributed by atoms with Gasteiger partial charge < -0.3 is 19.9 Å². The molecular weight excluding hydrogens is 337 g/mol. The second-order valence-corrected chi connectivity index (χ2v) is 6.87. The maximum atomic E-state index is 12.7. The van der Waals surface area contributed by atoms with Gasteiger partial charge in [0.2, 0.25) is 0 Å². The van der Waals surface area contributed by atoms with Crippen molar-refractivity contribution in [3.8, 4) is 0 Å². The highest BCUT2D eigenvalue weighted by Crippen LogP contribution is 2.31. The average Bonchev–Trinajstić information content (AvgIpc) is 3.13. The Labute approximate surface area is 143 Å². The molecule has 0 radical (unpaired) electrons. The lowest BCUT2D eigenvalue weighted by Crippen LogP contribution is -2.50. The molecule has 0 unspecified atom stereocenters. The van der Waals surface area contributed by atoms with Crippen LogP contribution in [0.4, 0.5) is 0 Å². The van der Waals surface area contributed by atoms with Gasteiger partial charge in [-0.2, -0.15) is 0 Å². The highest BCUT2D eigenvalue weighted by Gasteiger charge is 2.31. The van der Waals surface area contributed by atoms with Crippen molar-refractivity contribution in [2.45, 2.75) is 18.6 Å². The number of ether oxygens (including phenoxy) is 1. The largest absolute Gasteiger partial charge is 0.370 e.